The fourth-order valence-electron chi connectivity index (χ4n) is 1.76. The molecule has 0 unspecified atom stereocenters. The third kappa shape index (κ3) is 2.98. The fraction of sp³-hybridized carbons (Fsp3) is 0.556. The van der Waals surface area contributed by atoms with Crippen LogP contribution in [0.3, 0.4) is 0 Å². The minimum Gasteiger partial charge on any atom is -0.341 e. The summed E-state index contributed by atoms with van der Waals surface area (Å²) in [6, 6.07) is 0. The number of hydrogen-bond acceptors (Lipinski definition) is 4. The Labute approximate surface area is 104 Å². The average molecular weight is 278 g/mol. The Morgan fingerprint density at radius 3 is 2.59 bits per heavy atom. The van der Waals surface area contributed by atoms with Crippen LogP contribution in [-0.4, -0.2) is 42.1 Å². The van der Waals surface area contributed by atoms with Crippen molar-refractivity contribution in [3.63, 3.8) is 0 Å². The van der Waals surface area contributed by atoms with Gasteiger partial charge in [-0.2, -0.15) is 5.10 Å². The third-order valence-electron chi connectivity index (χ3n) is 2.65. The first kappa shape index (κ1) is 12.4. The van der Waals surface area contributed by atoms with Crippen molar-refractivity contribution < 1.29 is 13.2 Å². The molecule has 8 heteroatoms. The highest BCUT2D eigenvalue weighted by molar-refractivity contribution is 8.13. The Morgan fingerprint density at radius 2 is 2.06 bits per heavy atom. The average Bonchev–Trinajstić information content (AvgIpc) is 2.85. The maximum absolute atomic E-state index is 11.8. The monoisotopic (exact) mass is 277 g/mol. The second kappa shape index (κ2) is 4.66. The van der Waals surface area contributed by atoms with Gasteiger partial charge >= 0.3 is 0 Å². The van der Waals surface area contributed by atoms with Gasteiger partial charge in [-0.15, -0.1) is 0 Å². The molecule has 0 radical (unpaired) electrons. The number of amides is 1. The minimum atomic E-state index is -3.77. The molecule has 17 heavy (non-hydrogen) atoms. The molecule has 2 rings (SSSR count). The summed E-state index contributed by atoms with van der Waals surface area (Å²) in [5.41, 5.74) is 0. The Kier molecular flexibility index (Phi) is 3.39. The van der Waals surface area contributed by atoms with E-state index in [1.165, 1.54) is 10.9 Å². The summed E-state index contributed by atoms with van der Waals surface area (Å²) in [7, 11) is 1.39. The minimum absolute atomic E-state index is 0.0480. The number of halogens is 1. The van der Waals surface area contributed by atoms with Crippen LogP contribution in [0.2, 0.25) is 0 Å². The van der Waals surface area contributed by atoms with Crippen molar-refractivity contribution in [2.45, 2.75) is 24.3 Å². The summed E-state index contributed by atoms with van der Waals surface area (Å²) in [4.78, 5) is 13.4. The number of rotatable bonds is 3. The molecule has 0 atom stereocenters. The van der Waals surface area contributed by atoms with Crippen molar-refractivity contribution in [2.75, 3.05) is 13.1 Å². The van der Waals surface area contributed by atoms with Crippen molar-refractivity contribution in [1.82, 2.24) is 14.7 Å². The van der Waals surface area contributed by atoms with E-state index in [4.69, 9.17) is 10.7 Å². The van der Waals surface area contributed by atoms with E-state index in [1.54, 1.807) is 4.90 Å². The van der Waals surface area contributed by atoms with Crippen molar-refractivity contribution in [1.29, 1.82) is 0 Å². The van der Waals surface area contributed by atoms with Gasteiger partial charge in [-0.25, -0.2) is 8.42 Å². The van der Waals surface area contributed by atoms with Crippen LogP contribution in [-0.2, 0) is 20.4 Å². The molecule has 0 spiro atoms. The largest absolute Gasteiger partial charge is 0.341 e. The van der Waals surface area contributed by atoms with E-state index in [9.17, 15) is 13.2 Å². The zero-order valence-corrected chi connectivity index (χ0v) is 10.6. The zero-order valence-electron chi connectivity index (χ0n) is 9.04. The third-order valence-corrected chi connectivity index (χ3v) is 3.96. The van der Waals surface area contributed by atoms with Crippen LogP contribution in [0.1, 0.15) is 12.8 Å². The second-order valence-electron chi connectivity index (χ2n) is 3.90. The molecule has 1 saturated heterocycles. The van der Waals surface area contributed by atoms with Gasteiger partial charge in [-0.05, 0) is 12.8 Å². The molecule has 94 valence electrons. The van der Waals surface area contributed by atoms with E-state index in [-0.39, 0.29) is 17.3 Å². The molecular weight excluding hydrogens is 266 g/mol. The van der Waals surface area contributed by atoms with E-state index < -0.39 is 9.05 Å². The Hall–Kier alpha value is -1.08. The van der Waals surface area contributed by atoms with E-state index in [0.29, 0.717) is 0 Å². The lowest BCUT2D eigenvalue weighted by atomic mass is 10.4. The summed E-state index contributed by atoms with van der Waals surface area (Å²) >= 11 is 0. The lowest BCUT2D eigenvalue weighted by molar-refractivity contribution is -0.130. The number of hydrogen-bond donors (Lipinski definition) is 0. The molecule has 1 aliphatic rings. The Balaban J connectivity index is 2.04. The maximum Gasteiger partial charge on any atom is 0.264 e. The number of likely N-dealkylation sites (tertiary alicyclic amines) is 1. The van der Waals surface area contributed by atoms with Gasteiger partial charge in [0.15, 0.2) is 0 Å². The molecule has 2 heterocycles. The van der Waals surface area contributed by atoms with Gasteiger partial charge in [0.2, 0.25) is 5.91 Å². The summed E-state index contributed by atoms with van der Waals surface area (Å²) in [6.45, 7) is 1.58. The van der Waals surface area contributed by atoms with Crippen molar-refractivity contribution in [3.05, 3.63) is 12.4 Å². The molecule has 0 aliphatic carbocycles. The van der Waals surface area contributed by atoms with E-state index in [1.807, 2.05) is 0 Å². The molecule has 0 saturated carbocycles. The first-order valence-electron chi connectivity index (χ1n) is 5.22. The number of aromatic nitrogens is 2. The van der Waals surface area contributed by atoms with Crippen LogP contribution in [0.25, 0.3) is 0 Å². The Bertz CT molecular complexity index is 519. The molecule has 1 amide bonds. The summed E-state index contributed by atoms with van der Waals surface area (Å²) < 4.78 is 23.3. The van der Waals surface area contributed by atoms with Crippen LogP contribution in [0.4, 0.5) is 0 Å². The van der Waals surface area contributed by atoms with Crippen LogP contribution in [0, 0.1) is 0 Å². The van der Waals surface area contributed by atoms with Crippen molar-refractivity contribution >= 4 is 25.6 Å². The second-order valence-corrected chi connectivity index (χ2v) is 6.47. The van der Waals surface area contributed by atoms with E-state index in [2.05, 4.69) is 5.10 Å². The SMILES string of the molecule is O=C(Cn1cc(S(=O)(=O)Cl)cn1)N1CCCC1. The van der Waals surface area contributed by atoms with Gasteiger partial charge in [0.25, 0.3) is 9.05 Å². The summed E-state index contributed by atoms with van der Waals surface area (Å²) in [5, 5.41) is 3.80. The summed E-state index contributed by atoms with van der Waals surface area (Å²) in [6.07, 6.45) is 4.44. The van der Waals surface area contributed by atoms with Crippen molar-refractivity contribution in [2.24, 2.45) is 0 Å². The molecule has 6 nitrogen and oxygen atoms in total. The first-order chi connectivity index (χ1) is 7.97. The van der Waals surface area contributed by atoms with Gasteiger partial charge in [-0.3, -0.25) is 9.48 Å². The number of carbonyl (C=O) groups is 1. The molecule has 0 bridgehead atoms. The quantitative estimate of drug-likeness (QED) is 0.751. The highest BCUT2D eigenvalue weighted by Crippen LogP contribution is 2.13. The number of nitrogens with zero attached hydrogens (tertiary/aromatic N) is 3. The van der Waals surface area contributed by atoms with Gasteiger partial charge in [0.1, 0.15) is 11.4 Å². The topological polar surface area (TPSA) is 72.3 Å². The zero-order chi connectivity index (χ0) is 12.5. The van der Waals surface area contributed by atoms with Crippen LogP contribution in [0.5, 0.6) is 0 Å². The summed E-state index contributed by atoms with van der Waals surface area (Å²) in [5.74, 6) is -0.0517. The normalized spacial score (nSPS) is 16.4. The highest BCUT2D eigenvalue weighted by atomic mass is 35.7. The number of carbonyl (C=O) groups excluding carboxylic acids is 1. The predicted molar refractivity (Wildman–Crippen MR) is 61.1 cm³/mol. The first-order valence-corrected chi connectivity index (χ1v) is 7.52. The highest BCUT2D eigenvalue weighted by Gasteiger charge is 2.19. The smallest absolute Gasteiger partial charge is 0.264 e. The lowest BCUT2D eigenvalue weighted by Crippen LogP contribution is -2.31. The van der Waals surface area contributed by atoms with Crippen LogP contribution >= 0.6 is 10.7 Å². The van der Waals surface area contributed by atoms with Crippen molar-refractivity contribution in [3.8, 4) is 0 Å². The standard InChI is InChI=1S/C9H12ClN3O3S/c10-17(15,16)8-5-11-13(6-8)7-9(14)12-3-1-2-4-12/h5-6H,1-4,7H2. The van der Waals surface area contributed by atoms with Gasteiger partial charge in [0.05, 0.1) is 6.20 Å². The van der Waals surface area contributed by atoms with Gasteiger partial charge in [-0.1, -0.05) is 0 Å². The predicted octanol–water partition coefficient (Wildman–Crippen LogP) is 0.433. The molecule has 1 fully saturated rings. The van der Waals surface area contributed by atoms with Crippen LogP contribution < -0.4 is 0 Å². The maximum atomic E-state index is 11.8. The Morgan fingerprint density at radius 1 is 1.41 bits per heavy atom. The van der Waals surface area contributed by atoms with E-state index >= 15 is 0 Å². The lowest BCUT2D eigenvalue weighted by Gasteiger charge is -2.14. The van der Waals surface area contributed by atoms with E-state index in [0.717, 1.165) is 32.1 Å². The van der Waals surface area contributed by atoms with Gasteiger partial charge in [0, 0.05) is 30.0 Å². The van der Waals surface area contributed by atoms with Crippen LogP contribution in [0.15, 0.2) is 17.3 Å². The molecule has 0 aromatic carbocycles. The molecule has 1 aliphatic heterocycles. The fourth-order valence-corrected chi connectivity index (χ4v) is 2.42. The molecule has 0 N–H and O–H groups in total. The molecule has 1 aromatic heterocycles. The van der Waals surface area contributed by atoms with Gasteiger partial charge < -0.3 is 4.90 Å². The molecular formula is C9H12ClN3O3S. The molecule has 1 aromatic rings.